The predicted octanol–water partition coefficient (Wildman–Crippen LogP) is 0.972. The Morgan fingerprint density at radius 2 is 2.00 bits per heavy atom. The monoisotopic (exact) mass is 321 g/mol. The van der Waals surface area contributed by atoms with E-state index in [1.165, 1.54) is 0 Å². The van der Waals surface area contributed by atoms with Crippen LogP contribution in [0.3, 0.4) is 0 Å². The number of nitrogens with two attached hydrogens (primary N) is 1. The Hall–Kier alpha value is -2.61. The average molecular weight is 321 g/mol. The largest absolute Gasteiger partial charge is 0.465 e. The molecule has 1 saturated carbocycles. The summed E-state index contributed by atoms with van der Waals surface area (Å²) in [7, 11) is 0. The molecule has 0 aliphatic heterocycles. The van der Waals surface area contributed by atoms with E-state index >= 15 is 0 Å². The molecule has 0 heterocycles. The Morgan fingerprint density at radius 1 is 1.30 bits per heavy atom. The molecule has 1 fully saturated rings. The van der Waals surface area contributed by atoms with E-state index in [1.807, 2.05) is 0 Å². The van der Waals surface area contributed by atoms with Crippen LogP contribution in [0.2, 0.25) is 0 Å². The lowest BCUT2D eigenvalue weighted by molar-refractivity contribution is -0.148. The van der Waals surface area contributed by atoms with Crippen LogP contribution in [-0.2, 0) is 9.63 Å². The summed E-state index contributed by atoms with van der Waals surface area (Å²) in [5.74, 6) is -1.23. The maximum absolute atomic E-state index is 11.9. The van der Waals surface area contributed by atoms with Gasteiger partial charge >= 0.3 is 12.1 Å². The van der Waals surface area contributed by atoms with Gasteiger partial charge in [-0.2, -0.15) is 0 Å². The highest BCUT2D eigenvalue weighted by molar-refractivity contribution is 5.86. The number of hydrogen-bond donors (Lipinski definition) is 4. The van der Waals surface area contributed by atoms with E-state index in [-0.39, 0.29) is 11.9 Å². The van der Waals surface area contributed by atoms with E-state index < -0.39 is 24.1 Å². The number of aliphatic hydroxyl groups is 1. The molecule has 5 N–H and O–H groups in total. The Kier molecular flexibility index (Phi) is 5.53. The summed E-state index contributed by atoms with van der Waals surface area (Å²) in [5, 5.41) is 24.5. The maximum Gasteiger partial charge on any atom is 0.404 e. The number of benzene rings is 1. The van der Waals surface area contributed by atoms with Gasteiger partial charge in [0.15, 0.2) is 5.84 Å². The van der Waals surface area contributed by atoms with Crippen molar-refractivity contribution in [3.63, 3.8) is 0 Å². The Bertz CT molecular complexity index is 590. The number of oxime groups is 1. The average Bonchev–Trinajstić information content (AvgIpc) is 3.00. The molecule has 23 heavy (non-hydrogen) atoms. The topological polar surface area (TPSA) is 134 Å². The van der Waals surface area contributed by atoms with Crippen LogP contribution < -0.4 is 11.1 Å². The van der Waals surface area contributed by atoms with Crippen LogP contribution in [0.15, 0.2) is 35.5 Å². The molecule has 8 heteroatoms. The van der Waals surface area contributed by atoms with Crippen molar-refractivity contribution in [1.82, 2.24) is 5.32 Å². The molecule has 1 aromatic carbocycles. The number of rotatable bonds is 5. The fraction of sp³-hybridized carbons (Fsp3) is 0.400. The predicted molar refractivity (Wildman–Crippen MR) is 81.4 cm³/mol. The summed E-state index contributed by atoms with van der Waals surface area (Å²) in [5.41, 5.74) is 6.16. The van der Waals surface area contributed by atoms with Crippen LogP contribution in [0, 0.1) is 5.92 Å². The van der Waals surface area contributed by atoms with Gasteiger partial charge in [0.2, 0.25) is 0 Å². The van der Waals surface area contributed by atoms with E-state index in [4.69, 9.17) is 15.7 Å². The molecule has 1 aromatic rings. The second kappa shape index (κ2) is 7.59. The Morgan fingerprint density at radius 3 is 2.65 bits per heavy atom. The van der Waals surface area contributed by atoms with Crippen molar-refractivity contribution < 1.29 is 24.6 Å². The van der Waals surface area contributed by atoms with Crippen molar-refractivity contribution in [2.75, 3.05) is 0 Å². The summed E-state index contributed by atoms with van der Waals surface area (Å²) in [6.07, 6.45) is -0.827. The highest BCUT2D eigenvalue weighted by Crippen LogP contribution is 2.26. The normalized spacial score (nSPS) is 22.4. The van der Waals surface area contributed by atoms with Crippen LogP contribution >= 0.6 is 0 Å². The van der Waals surface area contributed by atoms with E-state index in [2.05, 4.69) is 10.5 Å². The van der Waals surface area contributed by atoms with Crippen LogP contribution in [0.4, 0.5) is 4.79 Å². The van der Waals surface area contributed by atoms with E-state index in [0.717, 1.165) is 0 Å². The first-order chi connectivity index (χ1) is 11.0. The smallest absolute Gasteiger partial charge is 0.404 e. The highest BCUT2D eigenvalue weighted by Gasteiger charge is 2.32. The van der Waals surface area contributed by atoms with Crippen molar-refractivity contribution in [2.45, 2.75) is 31.4 Å². The fourth-order valence-electron chi connectivity index (χ4n) is 2.53. The minimum atomic E-state index is -1.16. The number of amides is 1. The molecular formula is C15H19N3O5. The minimum absolute atomic E-state index is 0.220. The van der Waals surface area contributed by atoms with E-state index in [9.17, 15) is 14.7 Å². The second-order valence-electron chi connectivity index (χ2n) is 5.40. The van der Waals surface area contributed by atoms with E-state index in [1.54, 1.807) is 30.3 Å². The van der Waals surface area contributed by atoms with Crippen molar-refractivity contribution in [3.05, 3.63) is 35.9 Å². The maximum atomic E-state index is 11.9. The van der Waals surface area contributed by atoms with Gasteiger partial charge in [0, 0.05) is 6.04 Å². The Labute approximate surface area is 132 Å². The lowest BCUT2D eigenvalue weighted by Gasteiger charge is -2.11. The zero-order valence-electron chi connectivity index (χ0n) is 12.4. The summed E-state index contributed by atoms with van der Waals surface area (Å²) in [6, 6.07) is 8.37. The molecule has 124 valence electrons. The second-order valence-corrected chi connectivity index (χ2v) is 5.40. The summed E-state index contributed by atoms with van der Waals surface area (Å²) in [4.78, 5) is 27.2. The first-order valence-corrected chi connectivity index (χ1v) is 7.24. The number of hydrogen-bond acceptors (Lipinski definition) is 5. The summed E-state index contributed by atoms with van der Waals surface area (Å²) < 4.78 is 0. The Balaban J connectivity index is 1.87. The van der Waals surface area contributed by atoms with Gasteiger partial charge in [-0.1, -0.05) is 35.5 Å². The lowest BCUT2D eigenvalue weighted by Crippen LogP contribution is -2.32. The van der Waals surface area contributed by atoms with Gasteiger partial charge in [-0.25, -0.2) is 9.59 Å². The zero-order valence-corrected chi connectivity index (χ0v) is 12.4. The number of carboxylic acid groups (broad SMARTS) is 1. The number of aliphatic hydroxyl groups excluding tert-OH is 1. The van der Waals surface area contributed by atoms with Crippen LogP contribution in [0.5, 0.6) is 0 Å². The van der Waals surface area contributed by atoms with Crippen molar-refractivity contribution in [1.29, 1.82) is 0 Å². The van der Waals surface area contributed by atoms with Crippen LogP contribution in [0.25, 0.3) is 0 Å². The SMILES string of the molecule is N/C(=N\OC(=O)[C@H]1CC[C@H](NC(=O)O)C1)C(O)c1ccccc1. The third-order valence-electron chi connectivity index (χ3n) is 3.73. The van der Waals surface area contributed by atoms with Gasteiger partial charge < -0.3 is 26.1 Å². The molecule has 1 amide bonds. The highest BCUT2D eigenvalue weighted by atomic mass is 16.7. The molecule has 3 atom stereocenters. The molecule has 1 aliphatic carbocycles. The molecule has 8 nitrogen and oxygen atoms in total. The van der Waals surface area contributed by atoms with Crippen molar-refractivity contribution >= 4 is 17.9 Å². The van der Waals surface area contributed by atoms with Gasteiger partial charge in [-0.05, 0) is 24.8 Å². The standard InChI is InChI=1S/C15H19N3O5/c16-13(12(19)9-4-2-1-3-5-9)18-23-14(20)10-6-7-11(8-10)17-15(21)22/h1-5,10-12,17,19H,6-8H2,(H2,16,18)(H,21,22)/t10-,11-,12?/m0/s1. The van der Waals surface area contributed by atoms with Crippen molar-refractivity contribution in [3.8, 4) is 0 Å². The molecule has 1 unspecified atom stereocenters. The van der Waals surface area contributed by atoms with Gasteiger partial charge in [-0.15, -0.1) is 0 Å². The molecule has 0 bridgehead atoms. The summed E-state index contributed by atoms with van der Waals surface area (Å²) in [6.45, 7) is 0. The van der Waals surface area contributed by atoms with Gasteiger partial charge in [0.1, 0.15) is 6.10 Å². The third kappa shape index (κ3) is 4.68. The first-order valence-electron chi connectivity index (χ1n) is 7.24. The number of carbonyl (C=O) groups excluding carboxylic acids is 1. The van der Waals surface area contributed by atoms with E-state index in [0.29, 0.717) is 24.8 Å². The number of amidine groups is 1. The molecule has 2 rings (SSSR count). The summed E-state index contributed by atoms with van der Waals surface area (Å²) >= 11 is 0. The quantitative estimate of drug-likeness (QED) is 0.276. The molecule has 0 spiro atoms. The zero-order chi connectivity index (χ0) is 16.8. The number of carbonyl (C=O) groups is 2. The molecule has 1 aliphatic rings. The fourth-order valence-corrected chi connectivity index (χ4v) is 2.53. The molecule has 0 aromatic heterocycles. The minimum Gasteiger partial charge on any atom is -0.465 e. The number of nitrogens with one attached hydrogen (secondary N) is 1. The third-order valence-corrected chi connectivity index (χ3v) is 3.73. The van der Waals surface area contributed by atoms with Crippen LogP contribution in [0.1, 0.15) is 30.9 Å². The van der Waals surface area contributed by atoms with Gasteiger partial charge in [-0.3, -0.25) is 0 Å². The molecule has 0 radical (unpaired) electrons. The van der Waals surface area contributed by atoms with Gasteiger partial charge in [0.05, 0.1) is 5.92 Å². The van der Waals surface area contributed by atoms with Crippen molar-refractivity contribution in [2.24, 2.45) is 16.8 Å². The first kappa shape index (κ1) is 16.8. The molecular weight excluding hydrogens is 302 g/mol. The molecule has 0 saturated heterocycles. The van der Waals surface area contributed by atoms with Gasteiger partial charge in [0.25, 0.3) is 0 Å². The lowest BCUT2D eigenvalue weighted by atomic mass is 10.1. The number of nitrogens with zero attached hydrogens (tertiary/aromatic N) is 1. The van der Waals surface area contributed by atoms with Crippen LogP contribution in [-0.4, -0.2) is 34.2 Å².